The summed E-state index contributed by atoms with van der Waals surface area (Å²) in [6, 6.07) is 16.9. The average molecular weight is 340 g/mol. The number of hydrogen-bond donors (Lipinski definition) is 2. The van der Waals surface area contributed by atoms with Crippen LogP contribution < -0.4 is 15.4 Å². The molecule has 2 aromatic rings. The van der Waals surface area contributed by atoms with E-state index in [1.54, 1.807) is 0 Å². The monoisotopic (exact) mass is 340 g/mol. The van der Waals surface area contributed by atoms with Crippen LogP contribution in [0.2, 0.25) is 0 Å². The maximum atomic E-state index is 12.1. The van der Waals surface area contributed by atoms with Crippen molar-refractivity contribution in [2.24, 2.45) is 0 Å². The first-order chi connectivity index (χ1) is 12.0. The second kappa shape index (κ2) is 9.47. The number of benzene rings is 2. The van der Waals surface area contributed by atoms with E-state index in [2.05, 4.69) is 10.6 Å². The van der Waals surface area contributed by atoms with E-state index in [0.717, 1.165) is 11.3 Å². The summed E-state index contributed by atoms with van der Waals surface area (Å²) in [7, 11) is 0. The van der Waals surface area contributed by atoms with Gasteiger partial charge in [0.05, 0.1) is 19.0 Å². The molecule has 2 aromatic carbocycles. The van der Waals surface area contributed by atoms with E-state index < -0.39 is 0 Å². The molecule has 0 aromatic heterocycles. The smallest absolute Gasteiger partial charge is 0.222 e. The predicted octanol–water partition coefficient (Wildman–Crippen LogP) is 2.76. The molecule has 25 heavy (non-hydrogen) atoms. The van der Waals surface area contributed by atoms with E-state index in [0.29, 0.717) is 13.2 Å². The molecule has 0 fully saturated rings. The minimum absolute atomic E-state index is 0.130. The lowest BCUT2D eigenvalue weighted by atomic mass is 10.0. The van der Waals surface area contributed by atoms with E-state index in [-0.39, 0.29) is 24.3 Å². The number of carbonyl (C=O) groups excluding carboxylic acids is 2. The molecule has 0 saturated carbocycles. The molecule has 0 radical (unpaired) electrons. The van der Waals surface area contributed by atoms with Gasteiger partial charge in [0.2, 0.25) is 11.8 Å². The Labute approximate surface area is 148 Å². The van der Waals surface area contributed by atoms with Crippen molar-refractivity contribution in [1.82, 2.24) is 10.6 Å². The number of amides is 2. The van der Waals surface area contributed by atoms with E-state index in [4.69, 9.17) is 4.74 Å². The van der Waals surface area contributed by atoms with Crippen LogP contribution in [-0.2, 0) is 9.59 Å². The number of aryl methyl sites for hydroxylation is 1. The molecular formula is C20H24N2O3. The Bertz CT molecular complexity index is 684. The van der Waals surface area contributed by atoms with Gasteiger partial charge in [-0.25, -0.2) is 0 Å². The van der Waals surface area contributed by atoms with Gasteiger partial charge in [-0.3, -0.25) is 9.59 Å². The SMILES string of the molecule is CC(=O)N[C@@H](CC(=O)NCCOc1ccc(C)cc1)c1ccccc1. The third-order valence-electron chi connectivity index (χ3n) is 3.68. The van der Waals surface area contributed by atoms with Crippen molar-refractivity contribution < 1.29 is 14.3 Å². The molecule has 2 N–H and O–H groups in total. The molecule has 0 aliphatic heterocycles. The molecule has 0 aliphatic carbocycles. The zero-order chi connectivity index (χ0) is 18.1. The van der Waals surface area contributed by atoms with E-state index >= 15 is 0 Å². The van der Waals surface area contributed by atoms with E-state index in [1.807, 2.05) is 61.5 Å². The fourth-order valence-electron chi connectivity index (χ4n) is 2.43. The minimum Gasteiger partial charge on any atom is -0.492 e. The molecule has 0 aliphatic rings. The zero-order valence-corrected chi connectivity index (χ0v) is 14.6. The Morgan fingerprint density at radius 2 is 1.72 bits per heavy atom. The minimum atomic E-state index is -0.336. The first kappa shape index (κ1) is 18.5. The largest absolute Gasteiger partial charge is 0.492 e. The van der Waals surface area contributed by atoms with Gasteiger partial charge in [-0.1, -0.05) is 48.0 Å². The molecule has 1 atom stereocenters. The number of nitrogens with one attached hydrogen (secondary N) is 2. The first-order valence-corrected chi connectivity index (χ1v) is 8.33. The van der Waals surface area contributed by atoms with Crippen LogP contribution in [0.1, 0.15) is 30.5 Å². The summed E-state index contributed by atoms with van der Waals surface area (Å²) >= 11 is 0. The van der Waals surface area contributed by atoms with Crippen molar-refractivity contribution in [3.63, 3.8) is 0 Å². The maximum Gasteiger partial charge on any atom is 0.222 e. The lowest BCUT2D eigenvalue weighted by Crippen LogP contribution is -2.34. The second-order valence-electron chi connectivity index (χ2n) is 5.88. The van der Waals surface area contributed by atoms with Crippen LogP contribution in [0.3, 0.4) is 0 Å². The number of hydrogen-bond acceptors (Lipinski definition) is 3. The normalized spacial score (nSPS) is 11.4. The molecule has 0 spiro atoms. The molecule has 0 bridgehead atoms. The zero-order valence-electron chi connectivity index (χ0n) is 14.6. The van der Waals surface area contributed by atoms with Crippen LogP contribution in [0.25, 0.3) is 0 Å². The molecule has 0 saturated heterocycles. The van der Waals surface area contributed by atoms with Gasteiger partial charge in [0, 0.05) is 6.92 Å². The van der Waals surface area contributed by atoms with E-state index in [9.17, 15) is 9.59 Å². The van der Waals surface area contributed by atoms with Crippen LogP contribution in [0.15, 0.2) is 54.6 Å². The van der Waals surface area contributed by atoms with Gasteiger partial charge in [-0.2, -0.15) is 0 Å². The first-order valence-electron chi connectivity index (χ1n) is 8.33. The maximum absolute atomic E-state index is 12.1. The third kappa shape index (κ3) is 6.67. The van der Waals surface area contributed by atoms with Gasteiger partial charge in [-0.05, 0) is 24.6 Å². The molecule has 2 rings (SSSR count). The van der Waals surface area contributed by atoms with Crippen molar-refractivity contribution >= 4 is 11.8 Å². The lowest BCUT2D eigenvalue weighted by molar-refractivity contribution is -0.122. The molecule has 132 valence electrons. The fourth-order valence-corrected chi connectivity index (χ4v) is 2.43. The van der Waals surface area contributed by atoms with Crippen molar-refractivity contribution in [1.29, 1.82) is 0 Å². The standard InChI is InChI=1S/C20H24N2O3/c1-15-8-10-18(11-9-15)25-13-12-21-20(24)14-19(22-16(2)23)17-6-4-3-5-7-17/h3-11,19H,12-14H2,1-2H3,(H,21,24)(H,22,23)/t19-/m0/s1. The quantitative estimate of drug-likeness (QED) is 0.726. The molecule has 5 heteroatoms. The number of carbonyl (C=O) groups is 2. The number of ether oxygens (including phenoxy) is 1. The summed E-state index contributed by atoms with van der Waals surface area (Å²) in [4.78, 5) is 23.5. The molecule has 2 amide bonds. The summed E-state index contributed by atoms with van der Waals surface area (Å²) in [6.07, 6.45) is 0.189. The molecule has 5 nitrogen and oxygen atoms in total. The Balaban J connectivity index is 1.78. The van der Waals surface area contributed by atoms with Crippen LogP contribution >= 0.6 is 0 Å². The second-order valence-corrected chi connectivity index (χ2v) is 5.88. The Morgan fingerprint density at radius 1 is 1.04 bits per heavy atom. The Kier molecular flexibility index (Phi) is 7.01. The molecule has 0 heterocycles. The van der Waals surface area contributed by atoms with Crippen molar-refractivity contribution in [3.8, 4) is 5.75 Å². The van der Waals surface area contributed by atoms with E-state index in [1.165, 1.54) is 12.5 Å². The van der Waals surface area contributed by atoms with Gasteiger partial charge in [0.25, 0.3) is 0 Å². The van der Waals surface area contributed by atoms with Gasteiger partial charge < -0.3 is 15.4 Å². The highest BCUT2D eigenvalue weighted by Gasteiger charge is 2.16. The third-order valence-corrected chi connectivity index (χ3v) is 3.68. The molecular weight excluding hydrogens is 316 g/mol. The highest BCUT2D eigenvalue weighted by molar-refractivity contribution is 5.79. The van der Waals surface area contributed by atoms with Crippen molar-refractivity contribution in [3.05, 3.63) is 65.7 Å². The summed E-state index contributed by atoms with van der Waals surface area (Å²) < 4.78 is 5.58. The fraction of sp³-hybridized carbons (Fsp3) is 0.300. The summed E-state index contributed by atoms with van der Waals surface area (Å²) in [6.45, 7) is 4.27. The summed E-state index contributed by atoms with van der Waals surface area (Å²) in [5.41, 5.74) is 2.08. The molecule has 0 unspecified atom stereocenters. The van der Waals surface area contributed by atoms with Gasteiger partial charge in [-0.15, -0.1) is 0 Å². The topological polar surface area (TPSA) is 67.4 Å². The van der Waals surface area contributed by atoms with Crippen molar-refractivity contribution in [2.45, 2.75) is 26.3 Å². The predicted molar refractivity (Wildman–Crippen MR) is 97.3 cm³/mol. The van der Waals surface area contributed by atoms with Crippen LogP contribution in [0, 0.1) is 6.92 Å². The average Bonchev–Trinajstić information content (AvgIpc) is 2.60. The lowest BCUT2D eigenvalue weighted by Gasteiger charge is -2.18. The van der Waals surface area contributed by atoms with Gasteiger partial charge in [0.15, 0.2) is 0 Å². The van der Waals surface area contributed by atoms with Crippen LogP contribution in [0.4, 0.5) is 0 Å². The van der Waals surface area contributed by atoms with Crippen LogP contribution in [0.5, 0.6) is 5.75 Å². The van der Waals surface area contributed by atoms with Gasteiger partial charge in [0.1, 0.15) is 12.4 Å². The Morgan fingerprint density at radius 3 is 2.36 bits per heavy atom. The summed E-state index contributed by atoms with van der Waals surface area (Å²) in [5.74, 6) is 0.486. The Hall–Kier alpha value is -2.82. The highest BCUT2D eigenvalue weighted by atomic mass is 16.5. The summed E-state index contributed by atoms with van der Waals surface area (Å²) in [5, 5.41) is 5.64. The van der Waals surface area contributed by atoms with Crippen LogP contribution in [-0.4, -0.2) is 25.0 Å². The number of rotatable bonds is 8. The van der Waals surface area contributed by atoms with Gasteiger partial charge >= 0.3 is 0 Å². The van der Waals surface area contributed by atoms with Crippen molar-refractivity contribution in [2.75, 3.05) is 13.2 Å². The highest BCUT2D eigenvalue weighted by Crippen LogP contribution is 2.16.